The molecule has 0 saturated heterocycles. The van der Waals surface area contributed by atoms with Crippen molar-refractivity contribution in [2.75, 3.05) is 5.32 Å². The largest absolute Gasteiger partial charge is 0.444 e. The highest BCUT2D eigenvalue weighted by Gasteiger charge is 2.17. The van der Waals surface area contributed by atoms with Gasteiger partial charge in [-0.25, -0.2) is 9.78 Å². The molecule has 2 aromatic heterocycles. The van der Waals surface area contributed by atoms with Crippen LogP contribution in [0.2, 0.25) is 0 Å². The van der Waals surface area contributed by atoms with E-state index in [-0.39, 0.29) is 0 Å². The summed E-state index contributed by atoms with van der Waals surface area (Å²) in [6.45, 7) is 5.46. The Hall–Kier alpha value is -2.04. The number of imidazole rings is 1. The molecule has 0 atom stereocenters. The Bertz CT molecular complexity index is 540. The van der Waals surface area contributed by atoms with Crippen molar-refractivity contribution in [1.29, 1.82) is 0 Å². The van der Waals surface area contributed by atoms with E-state index in [1.807, 2.05) is 45.2 Å². The van der Waals surface area contributed by atoms with Crippen molar-refractivity contribution in [3.05, 3.63) is 30.6 Å². The maximum atomic E-state index is 11.6. The van der Waals surface area contributed by atoms with E-state index in [1.54, 1.807) is 10.6 Å². The molecule has 1 N–H and O–H groups in total. The summed E-state index contributed by atoms with van der Waals surface area (Å²) in [5, 5.41) is 2.66. The summed E-state index contributed by atoms with van der Waals surface area (Å²) in [5.41, 5.74) is 0.267. The molecule has 2 aromatic rings. The number of hydrogen-bond donors (Lipinski definition) is 1. The van der Waals surface area contributed by atoms with E-state index in [4.69, 9.17) is 4.74 Å². The fourth-order valence-electron chi connectivity index (χ4n) is 1.43. The summed E-state index contributed by atoms with van der Waals surface area (Å²) in [5.74, 6) is 0.592. The lowest BCUT2D eigenvalue weighted by atomic mass is 10.2. The van der Waals surface area contributed by atoms with Crippen LogP contribution in [0.3, 0.4) is 0 Å². The third-order valence-corrected chi connectivity index (χ3v) is 2.05. The third kappa shape index (κ3) is 2.75. The highest BCUT2D eigenvalue weighted by atomic mass is 16.6. The number of hydrogen-bond acceptors (Lipinski definition) is 3. The van der Waals surface area contributed by atoms with Crippen molar-refractivity contribution >= 4 is 17.6 Å². The Morgan fingerprint density at radius 2 is 2.18 bits per heavy atom. The van der Waals surface area contributed by atoms with Gasteiger partial charge in [-0.05, 0) is 32.9 Å². The molecule has 0 aliphatic rings. The molecule has 2 heterocycles. The van der Waals surface area contributed by atoms with Gasteiger partial charge >= 0.3 is 6.09 Å². The van der Waals surface area contributed by atoms with Crippen LogP contribution >= 0.6 is 0 Å². The van der Waals surface area contributed by atoms with E-state index in [9.17, 15) is 4.79 Å². The van der Waals surface area contributed by atoms with Crippen molar-refractivity contribution in [1.82, 2.24) is 9.38 Å². The van der Waals surface area contributed by atoms with Crippen LogP contribution in [0.5, 0.6) is 0 Å². The van der Waals surface area contributed by atoms with Crippen LogP contribution < -0.4 is 5.32 Å². The summed E-state index contributed by atoms with van der Waals surface area (Å²) in [4.78, 5) is 15.8. The first-order valence-electron chi connectivity index (χ1n) is 5.38. The van der Waals surface area contributed by atoms with Crippen LogP contribution in [-0.4, -0.2) is 21.1 Å². The zero-order valence-corrected chi connectivity index (χ0v) is 10.1. The molecule has 5 nitrogen and oxygen atoms in total. The molecule has 0 spiro atoms. The minimum Gasteiger partial charge on any atom is -0.444 e. The molecule has 1 amide bonds. The lowest BCUT2D eigenvalue weighted by Crippen LogP contribution is -2.27. The van der Waals surface area contributed by atoms with Gasteiger partial charge in [-0.2, -0.15) is 0 Å². The number of carbonyl (C=O) groups is 1. The van der Waals surface area contributed by atoms with Gasteiger partial charge in [0.25, 0.3) is 0 Å². The normalized spacial score (nSPS) is 11.5. The van der Waals surface area contributed by atoms with Gasteiger partial charge in [0, 0.05) is 6.20 Å². The van der Waals surface area contributed by atoms with Crippen LogP contribution in [0.25, 0.3) is 5.65 Å². The van der Waals surface area contributed by atoms with Gasteiger partial charge in [0.2, 0.25) is 0 Å². The molecule has 0 aromatic carbocycles. The van der Waals surface area contributed by atoms with Crippen molar-refractivity contribution in [3.8, 4) is 0 Å². The Labute approximate surface area is 99.4 Å². The quantitative estimate of drug-likeness (QED) is 0.823. The Morgan fingerprint density at radius 3 is 2.88 bits per heavy atom. The minimum absolute atomic E-state index is 0.483. The Morgan fingerprint density at radius 1 is 1.41 bits per heavy atom. The number of anilines is 1. The highest BCUT2D eigenvalue weighted by Crippen LogP contribution is 2.13. The molecule has 2 rings (SSSR count). The van der Waals surface area contributed by atoms with Gasteiger partial charge < -0.3 is 4.74 Å². The lowest BCUT2D eigenvalue weighted by Gasteiger charge is -2.19. The van der Waals surface area contributed by atoms with Gasteiger partial charge in [0.05, 0.1) is 6.20 Å². The maximum Gasteiger partial charge on any atom is 0.413 e. The summed E-state index contributed by atoms with van der Waals surface area (Å²) in [6, 6.07) is 5.62. The van der Waals surface area contributed by atoms with Crippen molar-refractivity contribution in [3.63, 3.8) is 0 Å². The predicted molar refractivity (Wildman–Crippen MR) is 65.0 cm³/mol. The van der Waals surface area contributed by atoms with Crippen LogP contribution in [0.4, 0.5) is 10.6 Å². The number of nitrogens with zero attached hydrogens (tertiary/aromatic N) is 2. The van der Waals surface area contributed by atoms with Crippen molar-refractivity contribution in [2.45, 2.75) is 26.4 Å². The van der Waals surface area contributed by atoms with Gasteiger partial charge in [0.1, 0.15) is 17.1 Å². The summed E-state index contributed by atoms with van der Waals surface area (Å²) in [7, 11) is 0. The summed E-state index contributed by atoms with van der Waals surface area (Å²) in [6.07, 6.45) is 2.94. The first-order valence-corrected chi connectivity index (χ1v) is 5.38. The predicted octanol–water partition coefficient (Wildman–Crippen LogP) is 2.68. The fraction of sp³-hybridized carbons (Fsp3) is 0.333. The number of rotatable bonds is 1. The molecule has 90 valence electrons. The minimum atomic E-state index is -0.509. The number of fused-ring (bicyclic) bond motifs is 1. The van der Waals surface area contributed by atoms with Gasteiger partial charge in [-0.1, -0.05) is 6.07 Å². The van der Waals surface area contributed by atoms with Crippen LogP contribution in [0, 0.1) is 0 Å². The zero-order valence-electron chi connectivity index (χ0n) is 10.1. The molecule has 0 saturated carbocycles. The third-order valence-electron chi connectivity index (χ3n) is 2.05. The monoisotopic (exact) mass is 233 g/mol. The van der Waals surface area contributed by atoms with E-state index < -0.39 is 11.7 Å². The molecule has 0 unspecified atom stereocenters. The zero-order chi connectivity index (χ0) is 12.5. The van der Waals surface area contributed by atoms with E-state index in [0.29, 0.717) is 5.82 Å². The number of pyridine rings is 1. The molecule has 0 fully saturated rings. The van der Waals surface area contributed by atoms with E-state index in [2.05, 4.69) is 10.3 Å². The second kappa shape index (κ2) is 4.08. The van der Waals surface area contributed by atoms with Gasteiger partial charge in [-0.3, -0.25) is 9.72 Å². The highest BCUT2D eigenvalue weighted by molar-refractivity contribution is 5.84. The number of nitrogens with one attached hydrogen (secondary N) is 1. The van der Waals surface area contributed by atoms with Crippen LogP contribution in [0.15, 0.2) is 30.6 Å². The van der Waals surface area contributed by atoms with Crippen molar-refractivity contribution < 1.29 is 9.53 Å². The molecular weight excluding hydrogens is 218 g/mol. The molecule has 0 radical (unpaired) electrons. The maximum absolute atomic E-state index is 11.6. The topological polar surface area (TPSA) is 55.6 Å². The number of carbonyl (C=O) groups excluding carboxylic acids is 1. The molecular formula is C12H15N3O2. The molecule has 0 aliphatic heterocycles. The van der Waals surface area contributed by atoms with E-state index >= 15 is 0 Å². The smallest absolute Gasteiger partial charge is 0.413 e. The van der Waals surface area contributed by atoms with Crippen LogP contribution in [-0.2, 0) is 4.74 Å². The van der Waals surface area contributed by atoms with Gasteiger partial charge in [-0.15, -0.1) is 0 Å². The molecule has 0 aliphatic carbocycles. The van der Waals surface area contributed by atoms with Gasteiger partial charge in [0.15, 0.2) is 0 Å². The first kappa shape index (κ1) is 11.4. The second-order valence-corrected chi connectivity index (χ2v) is 4.70. The standard InChI is InChI=1S/C12H15N3O2/c1-12(2,3)17-11(16)14-10-8-13-9-6-4-5-7-15(9)10/h4-8H,1-3H3,(H,14,16). The van der Waals surface area contributed by atoms with E-state index in [0.717, 1.165) is 5.65 Å². The Kier molecular flexibility index (Phi) is 2.75. The lowest BCUT2D eigenvalue weighted by molar-refractivity contribution is 0.0635. The number of ether oxygens (including phenoxy) is 1. The number of aromatic nitrogens is 2. The molecule has 0 bridgehead atoms. The van der Waals surface area contributed by atoms with E-state index in [1.165, 1.54) is 0 Å². The Balaban J connectivity index is 2.16. The summed E-state index contributed by atoms with van der Waals surface area (Å²) >= 11 is 0. The van der Waals surface area contributed by atoms with Crippen LogP contribution in [0.1, 0.15) is 20.8 Å². The SMILES string of the molecule is CC(C)(C)OC(=O)Nc1cnc2ccccn12. The second-order valence-electron chi connectivity index (χ2n) is 4.70. The fourth-order valence-corrected chi connectivity index (χ4v) is 1.43. The molecule has 17 heavy (non-hydrogen) atoms. The number of amides is 1. The summed E-state index contributed by atoms with van der Waals surface area (Å²) < 4.78 is 6.95. The van der Waals surface area contributed by atoms with Crippen molar-refractivity contribution in [2.24, 2.45) is 0 Å². The average Bonchev–Trinajstić information content (AvgIpc) is 2.59. The molecule has 5 heteroatoms. The first-order chi connectivity index (χ1) is 7.96. The average molecular weight is 233 g/mol.